The molecule has 0 bridgehead atoms. The van der Waals surface area contributed by atoms with Crippen LogP contribution in [0.2, 0.25) is 0 Å². The van der Waals surface area contributed by atoms with Gasteiger partial charge in [0, 0.05) is 18.4 Å². The highest BCUT2D eigenvalue weighted by Crippen LogP contribution is 2.05. The van der Waals surface area contributed by atoms with Gasteiger partial charge in [-0.05, 0) is 43.6 Å². The average molecular weight is 286 g/mol. The Balaban J connectivity index is 1.74. The fourth-order valence-corrected chi connectivity index (χ4v) is 2.12. The van der Waals surface area contributed by atoms with Gasteiger partial charge in [-0.3, -0.25) is 0 Å². The second kappa shape index (κ2) is 7.55. The number of hydrogen-bond acceptors (Lipinski definition) is 3. The minimum absolute atomic E-state index is 0.291. The van der Waals surface area contributed by atoms with Gasteiger partial charge in [0.05, 0.1) is 0 Å². The van der Waals surface area contributed by atoms with Crippen molar-refractivity contribution in [2.24, 2.45) is 0 Å². The highest BCUT2D eigenvalue weighted by molar-refractivity contribution is 7.80. The average Bonchev–Trinajstić information content (AvgIpc) is 2.47. The molecule has 104 valence electrons. The summed E-state index contributed by atoms with van der Waals surface area (Å²) in [5.41, 5.74) is 1.34. The zero-order valence-corrected chi connectivity index (χ0v) is 12.2. The van der Waals surface area contributed by atoms with Gasteiger partial charge in [0.25, 0.3) is 0 Å². The van der Waals surface area contributed by atoms with E-state index in [-0.39, 0.29) is 0 Å². The highest BCUT2D eigenvalue weighted by Gasteiger charge is 2.05. The van der Waals surface area contributed by atoms with Crippen LogP contribution in [-0.2, 0) is 6.42 Å². The summed E-state index contributed by atoms with van der Waals surface area (Å²) in [5.74, 6) is 0.514. The second-order valence-electron chi connectivity index (χ2n) is 4.60. The third-order valence-corrected chi connectivity index (χ3v) is 3.10. The maximum atomic E-state index is 5.24. The number of anilines is 1. The molecular weight excluding hydrogens is 268 g/mol. The first-order valence-electron chi connectivity index (χ1n) is 6.62. The Morgan fingerprint density at radius 3 is 2.55 bits per heavy atom. The molecule has 0 spiro atoms. The van der Waals surface area contributed by atoms with Crippen LogP contribution in [0.1, 0.15) is 18.9 Å². The third kappa shape index (κ3) is 4.93. The van der Waals surface area contributed by atoms with Gasteiger partial charge in [0.15, 0.2) is 5.11 Å². The van der Waals surface area contributed by atoms with E-state index in [0.717, 1.165) is 12.8 Å². The summed E-state index contributed by atoms with van der Waals surface area (Å²) in [7, 11) is 0. The molecule has 0 aliphatic rings. The molecule has 0 radical (unpaired) electrons. The first-order valence-corrected chi connectivity index (χ1v) is 7.03. The van der Waals surface area contributed by atoms with Crippen molar-refractivity contribution in [1.29, 1.82) is 0 Å². The van der Waals surface area contributed by atoms with Crippen molar-refractivity contribution in [2.75, 3.05) is 5.32 Å². The SMILES string of the molecule is C[C@H](CCc1ccccc1)NC(=S)Nc1ncccn1. The topological polar surface area (TPSA) is 49.8 Å². The van der Waals surface area contributed by atoms with Crippen molar-refractivity contribution in [1.82, 2.24) is 15.3 Å². The molecule has 1 atom stereocenters. The molecule has 0 saturated carbocycles. The summed E-state index contributed by atoms with van der Waals surface area (Å²) in [6.45, 7) is 2.11. The normalized spacial score (nSPS) is 11.7. The molecule has 0 aliphatic carbocycles. The number of nitrogens with zero attached hydrogens (tertiary/aromatic N) is 2. The summed E-state index contributed by atoms with van der Waals surface area (Å²) in [6, 6.07) is 12.5. The number of hydrogen-bond donors (Lipinski definition) is 2. The molecule has 0 saturated heterocycles. The monoisotopic (exact) mass is 286 g/mol. The summed E-state index contributed by atoms with van der Waals surface area (Å²) in [6.07, 6.45) is 5.40. The quantitative estimate of drug-likeness (QED) is 0.828. The molecule has 0 amide bonds. The van der Waals surface area contributed by atoms with Gasteiger partial charge in [0.2, 0.25) is 5.95 Å². The van der Waals surface area contributed by atoms with Gasteiger partial charge in [-0.15, -0.1) is 0 Å². The van der Waals surface area contributed by atoms with Crippen LogP contribution in [0, 0.1) is 0 Å². The van der Waals surface area contributed by atoms with Crippen molar-refractivity contribution >= 4 is 23.3 Å². The molecule has 20 heavy (non-hydrogen) atoms. The van der Waals surface area contributed by atoms with Gasteiger partial charge in [-0.1, -0.05) is 30.3 Å². The number of thiocarbonyl (C=S) groups is 1. The van der Waals surface area contributed by atoms with E-state index in [0.29, 0.717) is 17.1 Å². The summed E-state index contributed by atoms with van der Waals surface area (Å²) in [5, 5.41) is 6.76. The summed E-state index contributed by atoms with van der Waals surface area (Å²) < 4.78 is 0. The van der Waals surface area contributed by atoms with Crippen molar-refractivity contribution in [2.45, 2.75) is 25.8 Å². The zero-order valence-electron chi connectivity index (χ0n) is 11.4. The third-order valence-electron chi connectivity index (χ3n) is 2.88. The smallest absolute Gasteiger partial charge is 0.228 e. The van der Waals surface area contributed by atoms with Gasteiger partial charge >= 0.3 is 0 Å². The molecular formula is C15H18N4S. The first-order chi connectivity index (χ1) is 9.74. The minimum atomic E-state index is 0.291. The van der Waals surface area contributed by atoms with Crippen molar-refractivity contribution in [3.63, 3.8) is 0 Å². The minimum Gasteiger partial charge on any atom is -0.360 e. The lowest BCUT2D eigenvalue weighted by molar-refractivity contribution is 0.609. The van der Waals surface area contributed by atoms with Gasteiger partial charge < -0.3 is 10.6 Å². The second-order valence-corrected chi connectivity index (χ2v) is 5.00. The molecule has 5 heteroatoms. The van der Waals surface area contributed by atoms with Crippen LogP contribution in [0.4, 0.5) is 5.95 Å². The molecule has 0 aliphatic heterocycles. The predicted octanol–water partition coefficient (Wildman–Crippen LogP) is 2.78. The molecule has 1 aromatic carbocycles. The Morgan fingerprint density at radius 2 is 1.85 bits per heavy atom. The fourth-order valence-electron chi connectivity index (χ4n) is 1.83. The molecule has 2 N–H and O–H groups in total. The summed E-state index contributed by atoms with van der Waals surface area (Å²) in [4.78, 5) is 8.14. The Labute approximate surface area is 124 Å². The van der Waals surface area contributed by atoms with E-state index < -0.39 is 0 Å². The first kappa shape index (κ1) is 14.4. The van der Waals surface area contributed by atoms with E-state index in [1.807, 2.05) is 6.07 Å². The fraction of sp³-hybridized carbons (Fsp3) is 0.267. The number of aryl methyl sites for hydroxylation is 1. The van der Waals surface area contributed by atoms with E-state index in [1.54, 1.807) is 18.5 Å². The Morgan fingerprint density at radius 1 is 1.15 bits per heavy atom. The van der Waals surface area contributed by atoms with Gasteiger partial charge in [0.1, 0.15) is 0 Å². The molecule has 0 fully saturated rings. The van der Waals surface area contributed by atoms with E-state index in [2.05, 4.69) is 51.8 Å². The lowest BCUT2D eigenvalue weighted by atomic mass is 10.1. The number of aromatic nitrogens is 2. The van der Waals surface area contributed by atoms with Crippen molar-refractivity contribution in [3.05, 3.63) is 54.4 Å². The largest absolute Gasteiger partial charge is 0.360 e. The Hall–Kier alpha value is -2.01. The van der Waals surface area contributed by atoms with E-state index in [4.69, 9.17) is 12.2 Å². The van der Waals surface area contributed by atoms with Crippen LogP contribution < -0.4 is 10.6 Å². The Kier molecular flexibility index (Phi) is 5.43. The van der Waals surface area contributed by atoms with Crippen LogP contribution >= 0.6 is 12.2 Å². The van der Waals surface area contributed by atoms with E-state index in [9.17, 15) is 0 Å². The van der Waals surface area contributed by atoms with Crippen LogP contribution in [0.3, 0.4) is 0 Å². The number of rotatable bonds is 5. The lowest BCUT2D eigenvalue weighted by Crippen LogP contribution is -2.36. The molecule has 0 unspecified atom stereocenters. The van der Waals surface area contributed by atoms with Crippen LogP contribution in [0.25, 0.3) is 0 Å². The zero-order chi connectivity index (χ0) is 14.2. The Bertz CT molecular complexity index is 530. The molecule has 4 nitrogen and oxygen atoms in total. The maximum Gasteiger partial charge on any atom is 0.228 e. The van der Waals surface area contributed by atoms with Crippen LogP contribution in [-0.4, -0.2) is 21.1 Å². The van der Waals surface area contributed by atoms with Gasteiger partial charge in [-0.25, -0.2) is 9.97 Å². The lowest BCUT2D eigenvalue weighted by Gasteiger charge is -2.16. The van der Waals surface area contributed by atoms with Crippen molar-refractivity contribution in [3.8, 4) is 0 Å². The molecule has 1 aromatic heterocycles. The summed E-state index contributed by atoms with van der Waals surface area (Å²) >= 11 is 5.24. The predicted molar refractivity (Wildman–Crippen MR) is 85.6 cm³/mol. The highest BCUT2D eigenvalue weighted by atomic mass is 32.1. The molecule has 2 aromatic rings. The maximum absolute atomic E-state index is 5.24. The number of nitrogens with one attached hydrogen (secondary N) is 2. The molecule has 1 heterocycles. The van der Waals surface area contributed by atoms with E-state index in [1.165, 1.54) is 5.56 Å². The van der Waals surface area contributed by atoms with Crippen LogP contribution in [0.15, 0.2) is 48.8 Å². The van der Waals surface area contributed by atoms with Crippen LogP contribution in [0.5, 0.6) is 0 Å². The van der Waals surface area contributed by atoms with Crippen molar-refractivity contribution < 1.29 is 0 Å². The standard InChI is InChI=1S/C15H18N4S/c1-12(8-9-13-6-3-2-4-7-13)18-15(20)19-14-16-10-5-11-17-14/h2-7,10-12H,8-9H2,1H3,(H2,16,17,18,19,20)/t12-/m1/s1. The van der Waals surface area contributed by atoms with E-state index >= 15 is 0 Å². The molecule has 2 rings (SSSR count). The number of benzene rings is 1. The van der Waals surface area contributed by atoms with Gasteiger partial charge in [-0.2, -0.15) is 0 Å².